The lowest BCUT2D eigenvalue weighted by Crippen LogP contribution is -2.43. The summed E-state index contributed by atoms with van der Waals surface area (Å²) in [5.41, 5.74) is 2.88. The molecule has 0 saturated carbocycles. The van der Waals surface area contributed by atoms with E-state index >= 15 is 0 Å². The minimum Gasteiger partial charge on any atom is -0.497 e. The van der Waals surface area contributed by atoms with E-state index in [9.17, 15) is 9.18 Å². The first kappa shape index (κ1) is 16.1. The summed E-state index contributed by atoms with van der Waals surface area (Å²) in [7, 11) is 1.60. The van der Waals surface area contributed by atoms with E-state index in [2.05, 4.69) is 5.32 Å². The maximum atomic E-state index is 13.4. The standard InChI is InChI=1S/C21H17FN2O2/c1-26-17-12-10-16(11-13-17)24-20(14-6-8-15(22)9-7-14)23-19-5-3-2-4-18(19)21(24)25/h2-13,20,23H,1H3. The number of carbonyl (C=O) groups excluding carboxylic acids is 1. The number of nitrogens with one attached hydrogen (secondary N) is 1. The van der Waals surface area contributed by atoms with Crippen LogP contribution in [-0.4, -0.2) is 13.0 Å². The van der Waals surface area contributed by atoms with Crippen molar-refractivity contribution in [3.63, 3.8) is 0 Å². The highest BCUT2D eigenvalue weighted by atomic mass is 19.1. The predicted octanol–water partition coefficient (Wildman–Crippen LogP) is 4.61. The number of hydrogen-bond acceptors (Lipinski definition) is 3. The third-order valence-electron chi connectivity index (χ3n) is 4.46. The van der Waals surface area contributed by atoms with Gasteiger partial charge in [-0.25, -0.2) is 4.39 Å². The highest BCUT2D eigenvalue weighted by Crippen LogP contribution is 2.37. The van der Waals surface area contributed by atoms with Crippen LogP contribution in [0, 0.1) is 5.82 Å². The van der Waals surface area contributed by atoms with Crippen molar-refractivity contribution < 1.29 is 13.9 Å². The number of rotatable bonds is 3. The Morgan fingerprint density at radius 1 is 0.962 bits per heavy atom. The molecule has 1 amide bonds. The van der Waals surface area contributed by atoms with Crippen LogP contribution in [0.25, 0.3) is 0 Å². The molecule has 130 valence electrons. The molecule has 0 saturated heterocycles. The molecule has 0 aliphatic carbocycles. The van der Waals surface area contributed by atoms with Gasteiger partial charge < -0.3 is 10.1 Å². The van der Waals surface area contributed by atoms with Crippen molar-refractivity contribution in [2.75, 3.05) is 17.3 Å². The normalized spacial score (nSPS) is 16.0. The molecule has 1 aliphatic heterocycles. The summed E-state index contributed by atoms with van der Waals surface area (Å²) in [4.78, 5) is 14.9. The molecular weight excluding hydrogens is 331 g/mol. The topological polar surface area (TPSA) is 41.6 Å². The molecule has 4 nitrogen and oxygen atoms in total. The van der Waals surface area contributed by atoms with E-state index in [1.165, 1.54) is 12.1 Å². The molecule has 1 aliphatic rings. The average Bonchev–Trinajstić information content (AvgIpc) is 2.69. The lowest BCUT2D eigenvalue weighted by Gasteiger charge is -2.38. The Bertz CT molecular complexity index is 939. The average molecular weight is 348 g/mol. The van der Waals surface area contributed by atoms with E-state index in [1.807, 2.05) is 42.5 Å². The molecule has 0 aromatic heterocycles. The zero-order valence-corrected chi connectivity index (χ0v) is 14.1. The van der Waals surface area contributed by atoms with Crippen molar-refractivity contribution in [3.05, 3.63) is 89.7 Å². The van der Waals surface area contributed by atoms with Crippen LogP contribution in [0.1, 0.15) is 22.1 Å². The van der Waals surface area contributed by atoms with E-state index in [1.54, 1.807) is 30.2 Å². The van der Waals surface area contributed by atoms with Crippen LogP contribution in [0.5, 0.6) is 5.75 Å². The Kier molecular flexibility index (Phi) is 4.05. The molecule has 0 radical (unpaired) electrons. The molecule has 26 heavy (non-hydrogen) atoms. The van der Waals surface area contributed by atoms with Crippen LogP contribution in [0.3, 0.4) is 0 Å². The Morgan fingerprint density at radius 3 is 2.35 bits per heavy atom. The number of para-hydroxylation sites is 1. The van der Waals surface area contributed by atoms with Crippen LogP contribution >= 0.6 is 0 Å². The summed E-state index contributed by atoms with van der Waals surface area (Å²) in [5, 5.41) is 3.39. The third-order valence-corrected chi connectivity index (χ3v) is 4.46. The summed E-state index contributed by atoms with van der Waals surface area (Å²) in [5.74, 6) is 0.288. The lowest BCUT2D eigenvalue weighted by atomic mass is 10.0. The van der Waals surface area contributed by atoms with Gasteiger partial charge in [-0.3, -0.25) is 9.69 Å². The Balaban J connectivity index is 1.82. The minimum atomic E-state index is -0.439. The Labute approximate surface area is 150 Å². The summed E-state index contributed by atoms with van der Waals surface area (Å²) in [6.07, 6.45) is -0.439. The fourth-order valence-corrected chi connectivity index (χ4v) is 3.14. The van der Waals surface area contributed by atoms with Gasteiger partial charge in [0.1, 0.15) is 17.7 Å². The second-order valence-corrected chi connectivity index (χ2v) is 6.02. The molecule has 3 aromatic carbocycles. The summed E-state index contributed by atoms with van der Waals surface area (Å²) in [6.45, 7) is 0. The summed E-state index contributed by atoms with van der Waals surface area (Å²) < 4.78 is 18.6. The van der Waals surface area contributed by atoms with Crippen molar-refractivity contribution >= 4 is 17.3 Å². The number of amides is 1. The SMILES string of the molecule is COc1ccc(N2C(=O)c3ccccc3NC2c2ccc(F)cc2)cc1. The van der Waals surface area contributed by atoms with Crippen LogP contribution in [0.2, 0.25) is 0 Å². The van der Waals surface area contributed by atoms with Crippen molar-refractivity contribution in [1.82, 2.24) is 0 Å². The molecule has 1 heterocycles. The highest BCUT2D eigenvalue weighted by molar-refractivity contribution is 6.12. The number of ether oxygens (including phenoxy) is 1. The van der Waals surface area contributed by atoms with Gasteiger partial charge in [0.25, 0.3) is 5.91 Å². The minimum absolute atomic E-state index is 0.112. The fourth-order valence-electron chi connectivity index (χ4n) is 3.14. The summed E-state index contributed by atoms with van der Waals surface area (Å²) in [6, 6.07) is 20.8. The quantitative estimate of drug-likeness (QED) is 0.752. The van der Waals surface area contributed by atoms with E-state index in [0.29, 0.717) is 11.3 Å². The predicted molar refractivity (Wildman–Crippen MR) is 99.0 cm³/mol. The second kappa shape index (κ2) is 6.52. The van der Waals surface area contributed by atoms with Gasteiger partial charge in [-0.1, -0.05) is 24.3 Å². The Morgan fingerprint density at radius 2 is 1.65 bits per heavy atom. The first-order chi connectivity index (χ1) is 12.7. The van der Waals surface area contributed by atoms with Crippen molar-refractivity contribution in [2.24, 2.45) is 0 Å². The summed E-state index contributed by atoms with van der Waals surface area (Å²) >= 11 is 0. The van der Waals surface area contributed by atoms with E-state index in [0.717, 1.165) is 16.9 Å². The molecule has 0 spiro atoms. The Hall–Kier alpha value is -3.34. The lowest BCUT2D eigenvalue weighted by molar-refractivity contribution is 0.0975. The monoisotopic (exact) mass is 348 g/mol. The molecule has 0 bridgehead atoms. The largest absolute Gasteiger partial charge is 0.497 e. The smallest absolute Gasteiger partial charge is 0.262 e. The van der Waals surface area contributed by atoms with Crippen LogP contribution in [0.15, 0.2) is 72.8 Å². The van der Waals surface area contributed by atoms with Gasteiger partial charge in [-0.05, 0) is 54.1 Å². The first-order valence-electron chi connectivity index (χ1n) is 8.26. The van der Waals surface area contributed by atoms with Crippen LogP contribution < -0.4 is 15.0 Å². The zero-order valence-electron chi connectivity index (χ0n) is 14.1. The number of fused-ring (bicyclic) bond motifs is 1. The maximum Gasteiger partial charge on any atom is 0.262 e. The van der Waals surface area contributed by atoms with Crippen LogP contribution in [-0.2, 0) is 0 Å². The molecule has 1 unspecified atom stereocenters. The van der Waals surface area contributed by atoms with E-state index in [-0.39, 0.29) is 11.7 Å². The molecular formula is C21H17FN2O2. The van der Waals surface area contributed by atoms with Gasteiger partial charge in [0.15, 0.2) is 0 Å². The third kappa shape index (κ3) is 2.77. The van der Waals surface area contributed by atoms with Gasteiger partial charge in [-0.2, -0.15) is 0 Å². The van der Waals surface area contributed by atoms with Gasteiger partial charge in [0.05, 0.1) is 12.7 Å². The fraction of sp³-hybridized carbons (Fsp3) is 0.0952. The van der Waals surface area contributed by atoms with Gasteiger partial charge in [-0.15, -0.1) is 0 Å². The first-order valence-corrected chi connectivity index (χ1v) is 8.26. The van der Waals surface area contributed by atoms with Gasteiger partial charge in [0, 0.05) is 11.4 Å². The van der Waals surface area contributed by atoms with Crippen LogP contribution in [0.4, 0.5) is 15.8 Å². The highest BCUT2D eigenvalue weighted by Gasteiger charge is 2.33. The zero-order chi connectivity index (χ0) is 18.1. The molecule has 1 N–H and O–H groups in total. The molecule has 4 rings (SSSR count). The second-order valence-electron chi connectivity index (χ2n) is 6.02. The van der Waals surface area contributed by atoms with Crippen molar-refractivity contribution in [2.45, 2.75) is 6.17 Å². The number of methoxy groups -OCH3 is 1. The van der Waals surface area contributed by atoms with Crippen molar-refractivity contribution in [1.29, 1.82) is 0 Å². The number of halogens is 1. The van der Waals surface area contributed by atoms with Gasteiger partial charge in [0.2, 0.25) is 0 Å². The van der Waals surface area contributed by atoms with E-state index < -0.39 is 6.17 Å². The maximum absolute atomic E-state index is 13.4. The number of hydrogen-bond donors (Lipinski definition) is 1. The number of carbonyl (C=O) groups is 1. The number of benzene rings is 3. The molecule has 3 aromatic rings. The van der Waals surface area contributed by atoms with Gasteiger partial charge >= 0.3 is 0 Å². The number of anilines is 2. The van der Waals surface area contributed by atoms with Crippen molar-refractivity contribution in [3.8, 4) is 5.75 Å². The number of nitrogens with zero attached hydrogens (tertiary/aromatic N) is 1. The molecule has 1 atom stereocenters. The van der Waals surface area contributed by atoms with E-state index in [4.69, 9.17) is 4.74 Å². The molecule has 5 heteroatoms. The molecule has 0 fully saturated rings.